The third-order valence-corrected chi connectivity index (χ3v) is 3.46. The summed E-state index contributed by atoms with van der Waals surface area (Å²) >= 11 is 0. The molecule has 1 heterocycles. The minimum absolute atomic E-state index is 0.0819. The lowest BCUT2D eigenvalue weighted by atomic mass is 9.97. The number of hydrogen-bond acceptors (Lipinski definition) is 3. The summed E-state index contributed by atoms with van der Waals surface area (Å²) in [5.74, 6) is 0.848. The number of hydrogen-bond donors (Lipinski definition) is 1. The summed E-state index contributed by atoms with van der Waals surface area (Å²) in [5.41, 5.74) is 0.322. The normalized spacial score (nSPS) is 22.4. The smallest absolute Gasteiger partial charge is 0.247 e. The summed E-state index contributed by atoms with van der Waals surface area (Å²) in [6.07, 6.45) is 0. The number of nitrogens with zero attached hydrogens (tertiary/aromatic N) is 1. The van der Waals surface area contributed by atoms with Crippen molar-refractivity contribution in [2.45, 2.75) is 39.3 Å². The molecule has 1 aliphatic rings. The monoisotopic (exact) mass is 262 g/mol. The predicted molar refractivity (Wildman–Crippen MR) is 76.6 cm³/mol. The first kappa shape index (κ1) is 13.9. The molecule has 2 rings (SSSR count). The Morgan fingerprint density at radius 3 is 2.79 bits per heavy atom. The predicted octanol–water partition coefficient (Wildman–Crippen LogP) is 2.19. The van der Waals surface area contributed by atoms with Gasteiger partial charge in [-0.1, -0.05) is 12.1 Å². The first-order valence-corrected chi connectivity index (χ1v) is 6.78. The molecule has 1 aliphatic heterocycles. The SMILES string of the molecule is CCOc1ccccc1N1C(=O)C(C)(C)NCC1C. The molecule has 1 unspecified atom stereocenters. The minimum atomic E-state index is -0.536. The lowest BCUT2D eigenvalue weighted by molar-refractivity contribution is -0.125. The molecule has 0 radical (unpaired) electrons. The van der Waals surface area contributed by atoms with E-state index in [1.165, 1.54) is 0 Å². The van der Waals surface area contributed by atoms with Crippen molar-refractivity contribution in [1.29, 1.82) is 0 Å². The van der Waals surface area contributed by atoms with Crippen molar-refractivity contribution in [3.8, 4) is 5.75 Å². The lowest BCUT2D eigenvalue weighted by Gasteiger charge is -2.42. The van der Waals surface area contributed by atoms with Crippen LogP contribution in [0.4, 0.5) is 5.69 Å². The van der Waals surface area contributed by atoms with Gasteiger partial charge in [-0.25, -0.2) is 0 Å². The average molecular weight is 262 g/mol. The molecule has 1 aromatic rings. The average Bonchev–Trinajstić information content (AvgIpc) is 2.37. The number of ether oxygens (including phenoxy) is 1. The van der Waals surface area contributed by atoms with E-state index in [-0.39, 0.29) is 11.9 Å². The van der Waals surface area contributed by atoms with Gasteiger partial charge in [-0.15, -0.1) is 0 Å². The Morgan fingerprint density at radius 1 is 1.42 bits per heavy atom. The van der Waals surface area contributed by atoms with E-state index in [0.717, 1.165) is 18.0 Å². The maximum Gasteiger partial charge on any atom is 0.247 e. The zero-order valence-corrected chi connectivity index (χ0v) is 12.1. The number of carbonyl (C=O) groups is 1. The molecule has 1 N–H and O–H groups in total. The van der Waals surface area contributed by atoms with Crippen LogP contribution in [0.1, 0.15) is 27.7 Å². The maximum absolute atomic E-state index is 12.6. The van der Waals surface area contributed by atoms with Crippen LogP contribution in [0.15, 0.2) is 24.3 Å². The van der Waals surface area contributed by atoms with Crippen molar-refractivity contribution in [2.24, 2.45) is 0 Å². The molecule has 0 aromatic heterocycles. The number of nitrogens with one attached hydrogen (secondary N) is 1. The molecule has 4 nitrogen and oxygen atoms in total. The Labute approximate surface area is 114 Å². The van der Waals surface area contributed by atoms with Crippen LogP contribution >= 0.6 is 0 Å². The molecular formula is C15H22N2O2. The van der Waals surface area contributed by atoms with E-state index in [1.807, 2.05) is 56.9 Å². The molecule has 0 saturated carbocycles. The molecule has 1 aromatic carbocycles. The highest BCUT2D eigenvalue weighted by molar-refractivity contribution is 6.02. The molecule has 0 bridgehead atoms. The van der Waals surface area contributed by atoms with Crippen LogP contribution in [0.2, 0.25) is 0 Å². The lowest BCUT2D eigenvalue weighted by Crippen LogP contribution is -2.65. The summed E-state index contributed by atoms with van der Waals surface area (Å²) < 4.78 is 5.64. The number of amides is 1. The topological polar surface area (TPSA) is 41.6 Å². The van der Waals surface area contributed by atoms with E-state index < -0.39 is 5.54 Å². The molecule has 104 valence electrons. The summed E-state index contributed by atoms with van der Waals surface area (Å²) in [4.78, 5) is 14.5. The third-order valence-electron chi connectivity index (χ3n) is 3.46. The number of rotatable bonds is 3. The van der Waals surface area contributed by atoms with E-state index in [9.17, 15) is 4.79 Å². The van der Waals surface area contributed by atoms with Crippen molar-refractivity contribution in [3.63, 3.8) is 0 Å². The van der Waals surface area contributed by atoms with Gasteiger partial charge in [0.05, 0.1) is 17.8 Å². The van der Waals surface area contributed by atoms with Gasteiger partial charge in [0.25, 0.3) is 0 Å². The van der Waals surface area contributed by atoms with Gasteiger partial charge in [-0.3, -0.25) is 4.79 Å². The molecule has 1 fully saturated rings. The van der Waals surface area contributed by atoms with Crippen LogP contribution in [-0.2, 0) is 4.79 Å². The summed E-state index contributed by atoms with van der Waals surface area (Å²) in [5, 5.41) is 3.28. The molecular weight excluding hydrogens is 240 g/mol. The second-order valence-corrected chi connectivity index (χ2v) is 5.43. The summed E-state index contributed by atoms with van der Waals surface area (Å²) in [6, 6.07) is 7.83. The second-order valence-electron chi connectivity index (χ2n) is 5.43. The highest BCUT2D eigenvalue weighted by atomic mass is 16.5. The van der Waals surface area contributed by atoms with Crippen LogP contribution in [0.25, 0.3) is 0 Å². The molecule has 0 spiro atoms. The third kappa shape index (κ3) is 2.59. The highest BCUT2D eigenvalue weighted by Crippen LogP contribution is 2.32. The molecule has 1 atom stereocenters. The minimum Gasteiger partial charge on any atom is -0.492 e. The molecule has 4 heteroatoms. The maximum atomic E-state index is 12.6. The Balaban J connectivity index is 2.41. The number of carbonyl (C=O) groups excluding carboxylic acids is 1. The number of anilines is 1. The van der Waals surface area contributed by atoms with Gasteiger partial charge in [0.15, 0.2) is 0 Å². The van der Waals surface area contributed by atoms with Crippen molar-refractivity contribution in [3.05, 3.63) is 24.3 Å². The zero-order valence-electron chi connectivity index (χ0n) is 12.1. The fourth-order valence-electron chi connectivity index (χ4n) is 2.35. The molecule has 1 saturated heterocycles. The van der Waals surface area contributed by atoms with E-state index in [1.54, 1.807) is 0 Å². The fraction of sp³-hybridized carbons (Fsp3) is 0.533. The summed E-state index contributed by atoms with van der Waals surface area (Å²) in [7, 11) is 0. The van der Waals surface area contributed by atoms with Gasteiger partial charge in [0.1, 0.15) is 5.75 Å². The molecule has 19 heavy (non-hydrogen) atoms. The second kappa shape index (κ2) is 5.21. The van der Waals surface area contributed by atoms with Gasteiger partial charge in [0.2, 0.25) is 5.91 Å². The number of benzene rings is 1. The molecule has 0 aliphatic carbocycles. The Bertz CT molecular complexity index is 471. The first-order valence-electron chi connectivity index (χ1n) is 6.78. The van der Waals surface area contributed by atoms with E-state index >= 15 is 0 Å². The Morgan fingerprint density at radius 2 is 2.11 bits per heavy atom. The van der Waals surface area contributed by atoms with Gasteiger partial charge in [0, 0.05) is 12.6 Å². The largest absolute Gasteiger partial charge is 0.492 e. The van der Waals surface area contributed by atoms with Crippen LogP contribution < -0.4 is 15.0 Å². The summed E-state index contributed by atoms with van der Waals surface area (Å²) in [6.45, 7) is 9.19. The van der Waals surface area contributed by atoms with Crippen molar-refractivity contribution < 1.29 is 9.53 Å². The zero-order chi connectivity index (χ0) is 14.0. The van der Waals surface area contributed by atoms with E-state index in [4.69, 9.17) is 4.74 Å². The van der Waals surface area contributed by atoms with Gasteiger partial charge < -0.3 is 15.0 Å². The van der Waals surface area contributed by atoms with Gasteiger partial charge in [-0.05, 0) is 39.8 Å². The fourth-order valence-corrected chi connectivity index (χ4v) is 2.35. The van der Waals surface area contributed by atoms with Gasteiger partial charge >= 0.3 is 0 Å². The standard InChI is InChI=1S/C15H22N2O2/c1-5-19-13-9-7-6-8-12(13)17-11(2)10-16-15(3,4)14(17)18/h6-9,11,16H,5,10H2,1-4H3. The van der Waals surface area contributed by atoms with Crippen molar-refractivity contribution in [1.82, 2.24) is 5.32 Å². The first-order chi connectivity index (χ1) is 8.97. The Hall–Kier alpha value is -1.55. The number of piperazine rings is 1. The van der Waals surface area contributed by atoms with Crippen molar-refractivity contribution in [2.75, 3.05) is 18.1 Å². The van der Waals surface area contributed by atoms with Crippen molar-refractivity contribution >= 4 is 11.6 Å². The Kier molecular flexibility index (Phi) is 3.80. The van der Waals surface area contributed by atoms with Gasteiger partial charge in [-0.2, -0.15) is 0 Å². The van der Waals surface area contributed by atoms with Crippen LogP contribution in [0, 0.1) is 0 Å². The van der Waals surface area contributed by atoms with Crippen LogP contribution in [0.5, 0.6) is 5.75 Å². The van der Waals surface area contributed by atoms with Crippen LogP contribution in [0.3, 0.4) is 0 Å². The van der Waals surface area contributed by atoms with E-state index in [0.29, 0.717) is 6.61 Å². The quantitative estimate of drug-likeness (QED) is 0.908. The molecule has 1 amide bonds. The van der Waals surface area contributed by atoms with Crippen LogP contribution in [-0.4, -0.2) is 30.6 Å². The number of para-hydroxylation sites is 2. The van der Waals surface area contributed by atoms with E-state index in [2.05, 4.69) is 5.32 Å². The highest BCUT2D eigenvalue weighted by Gasteiger charge is 2.40.